The summed E-state index contributed by atoms with van der Waals surface area (Å²) in [5.41, 5.74) is 7.24. The van der Waals surface area contributed by atoms with Gasteiger partial charge in [-0.2, -0.15) is 0 Å². The maximum atomic E-state index is 14.2. The van der Waals surface area contributed by atoms with Crippen molar-refractivity contribution in [3.05, 3.63) is 71.8 Å². The molecule has 0 spiro atoms. The summed E-state index contributed by atoms with van der Waals surface area (Å²) in [6.07, 6.45) is 0.717. The Morgan fingerprint density at radius 3 is 2.06 bits per heavy atom. The van der Waals surface area contributed by atoms with Crippen LogP contribution in [0.15, 0.2) is 65.8 Å². The van der Waals surface area contributed by atoms with E-state index in [9.17, 15) is 9.59 Å². The molecule has 1 aliphatic rings. The molecule has 1 heterocycles. The second kappa shape index (κ2) is 11.1. The Morgan fingerprint density at radius 1 is 1.06 bits per heavy atom. The van der Waals surface area contributed by atoms with Crippen LogP contribution in [0.5, 0.6) is 0 Å². The fraction of sp³-hybridized carbons (Fsp3) is 0.423. The Balaban J connectivity index is 2.06. The third kappa shape index (κ3) is 5.25. The number of carbonyl (C=O) groups is 2. The van der Waals surface area contributed by atoms with Gasteiger partial charge in [-0.15, -0.1) is 0 Å². The van der Waals surface area contributed by atoms with Crippen LogP contribution in [0.25, 0.3) is 0 Å². The number of nitrogens with two attached hydrogens (primary N) is 1. The second-order valence-electron chi connectivity index (χ2n) is 8.37. The van der Waals surface area contributed by atoms with Crippen LogP contribution < -0.4 is 5.73 Å². The summed E-state index contributed by atoms with van der Waals surface area (Å²) in [5.74, 6) is -1.22. The third-order valence-corrected chi connectivity index (χ3v) is 6.55. The number of oxime groups is 1. The first-order valence-electron chi connectivity index (χ1n) is 11.5. The first-order valence-corrected chi connectivity index (χ1v) is 11.5. The third-order valence-electron chi connectivity index (χ3n) is 6.55. The Kier molecular flexibility index (Phi) is 8.22. The lowest BCUT2D eigenvalue weighted by atomic mass is 9.86. The molecule has 176 valence electrons. The van der Waals surface area contributed by atoms with Crippen LogP contribution >= 0.6 is 0 Å². The monoisotopic (exact) mass is 450 g/mol. The smallest absolute Gasteiger partial charge is 0.243 e. The average molecular weight is 451 g/mol. The topological polar surface area (TPSA) is 88.2 Å². The molecule has 0 aromatic heterocycles. The highest BCUT2D eigenvalue weighted by atomic mass is 16.6. The lowest BCUT2D eigenvalue weighted by Crippen LogP contribution is -2.58. The van der Waals surface area contributed by atoms with E-state index in [1.807, 2.05) is 60.7 Å². The van der Waals surface area contributed by atoms with E-state index in [0.717, 1.165) is 24.2 Å². The van der Waals surface area contributed by atoms with Crippen molar-refractivity contribution in [3.63, 3.8) is 0 Å². The molecule has 33 heavy (non-hydrogen) atoms. The molecule has 1 atom stereocenters. The largest absolute Gasteiger partial charge is 0.399 e. The number of hydrogen-bond acceptors (Lipinski definition) is 5. The van der Waals surface area contributed by atoms with Crippen molar-refractivity contribution in [1.29, 1.82) is 0 Å². The fourth-order valence-corrected chi connectivity index (χ4v) is 4.68. The van der Waals surface area contributed by atoms with E-state index in [1.54, 1.807) is 4.90 Å². The van der Waals surface area contributed by atoms with Crippen molar-refractivity contribution in [2.45, 2.75) is 38.1 Å². The second-order valence-corrected chi connectivity index (χ2v) is 8.37. The highest BCUT2D eigenvalue weighted by Crippen LogP contribution is 2.37. The predicted octanol–water partition coefficient (Wildman–Crippen LogP) is 3.01. The Morgan fingerprint density at radius 2 is 1.61 bits per heavy atom. The minimum absolute atomic E-state index is 0.160. The van der Waals surface area contributed by atoms with Gasteiger partial charge in [0, 0.05) is 13.0 Å². The van der Waals surface area contributed by atoms with E-state index < -0.39 is 17.4 Å². The Bertz CT molecular complexity index is 921. The van der Waals surface area contributed by atoms with Crippen molar-refractivity contribution in [3.8, 4) is 0 Å². The van der Waals surface area contributed by atoms with E-state index in [0.29, 0.717) is 18.7 Å². The number of benzene rings is 2. The molecular formula is C26H34N4O3. The summed E-state index contributed by atoms with van der Waals surface area (Å²) < 4.78 is 0. The summed E-state index contributed by atoms with van der Waals surface area (Å²) in [5, 5.41) is 4.11. The summed E-state index contributed by atoms with van der Waals surface area (Å²) in [6, 6.07) is 19.3. The van der Waals surface area contributed by atoms with Crippen LogP contribution in [0.3, 0.4) is 0 Å². The molecule has 1 aliphatic heterocycles. The van der Waals surface area contributed by atoms with Gasteiger partial charge in [0.2, 0.25) is 11.8 Å². The van der Waals surface area contributed by atoms with Crippen LogP contribution in [0.4, 0.5) is 0 Å². The van der Waals surface area contributed by atoms with Crippen LogP contribution in [-0.2, 0) is 14.4 Å². The number of carbonyl (C=O) groups excluding carboxylic acids is 2. The van der Waals surface area contributed by atoms with E-state index in [4.69, 9.17) is 10.6 Å². The first kappa shape index (κ1) is 24.5. The quantitative estimate of drug-likeness (QED) is 0.564. The number of likely N-dealkylation sites (tertiary alicyclic amines) is 1. The van der Waals surface area contributed by atoms with Crippen LogP contribution in [0.1, 0.15) is 43.7 Å². The van der Waals surface area contributed by atoms with E-state index in [-0.39, 0.29) is 18.9 Å². The van der Waals surface area contributed by atoms with Crippen molar-refractivity contribution >= 4 is 17.5 Å². The maximum absolute atomic E-state index is 14.2. The number of rotatable bonds is 10. The number of hydrogen-bond donors (Lipinski definition) is 1. The highest BCUT2D eigenvalue weighted by Gasteiger charge is 2.52. The average Bonchev–Trinajstić information content (AvgIpc) is 3.21. The molecule has 1 saturated heterocycles. The van der Waals surface area contributed by atoms with E-state index in [1.165, 1.54) is 7.11 Å². The first-order chi connectivity index (χ1) is 16.0. The normalized spacial score (nSPS) is 19.4. The van der Waals surface area contributed by atoms with Crippen molar-refractivity contribution in [1.82, 2.24) is 9.80 Å². The van der Waals surface area contributed by atoms with Gasteiger partial charge in [-0.05, 0) is 30.6 Å². The molecule has 7 nitrogen and oxygen atoms in total. The zero-order valence-corrected chi connectivity index (χ0v) is 19.7. The van der Waals surface area contributed by atoms with E-state index >= 15 is 0 Å². The molecule has 2 aromatic carbocycles. The number of amides is 2. The van der Waals surface area contributed by atoms with Gasteiger partial charge in [0.15, 0.2) is 0 Å². The van der Waals surface area contributed by atoms with Gasteiger partial charge in [-0.3, -0.25) is 9.59 Å². The molecule has 0 bridgehead atoms. The molecule has 1 unspecified atom stereocenters. The molecule has 1 fully saturated rings. The molecule has 7 heteroatoms. The molecular weight excluding hydrogens is 416 g/mol. The van der Waals surface area contributed by atoms with Crippen LogP contribution in [-0.4, -0.2) is 66.2 Å². The molecule has 2 amide bonds. The van der Waals surface area contributed by atoms with Crippen LogP contribution in [0.2, 0.25) is 0 Å². The number of nitrogens with zero attached hydrogens (tertiary/aromatic N) is 3. The lowest BCUT2D eigenvalue weighted by molar-refractivity contribution is -0.144. The minimum Gasteiger partial charge on any atom is -0.399 e. The Hall–Kier alpha value is -3.19. The van der Waals surface area contributed by atoms with Crippen molar-refractivity contribution < 1.29 is 14.4 Å². The molecule has 3 rings (SSSR count). The molecule has 0 aliphatic carbocycles. The van der Waals surface area contributed by atoms with Crippen LogP contribution in [0, 0.1) is 0 Å². The SMILES string of the molecule is CCN(CC)CCC1(C(N)=O)CC(=NOC)CN1C(=O)C(c1ccccc1)c1ccccc1. The predicted molar refractivity (Wildman–Crippen MR) is 130 cm³/mol. The number of primary amides is 1. The molecule has 0 saturated carbocycles. The van der Waals surface area contributed by atoms with Crippen molar-refractivity contribution in [2.24, 2.45) is 10.9 Å². The summed E-state index contributed by atoms with van der Waals surface area (Å²) in [7, 11) is 1.47. The summed E-state index contributed by atoms with van der Waals surface area (Å²) in [6.45, 7) is 6.74. The highest BCUT2D eigenvalue weighted by molar-refractivity contribution is 6.05. The van der Waals surface area contributed by atoms with Gasteiger partial charge >= 0.3 is 0 Å². The standard InChI is InChI=1S/C26H34N4O3/c1-4-29(5-2)17-16-26(25(27)32)18-22(28-33-3)19-30(26)24(31)23(20-12-8-6-9-13-20)21-14-10-7-11-15-21/h6-15,23H,4-5,16-19H2,1-3H3,(H2,27,32). The van der Waals surface area contributed by atoms with Gasteiger partial charge in [-0.1, -0.05) is 79.7 Å². The van der Waals surface area contributed by atoms with E-state index in [2.05, 4.69) is 23.9 Å². The lowest BCUT2D eigenvalue weighted by Gasteiger charge is -2.38. The van der Waals surface area contributed by atoms with Gasteiger partial charge in [0.25, 0.3) is 0 Å². The summed E-state index contributed by atoms with van der Waals surface area (Å²) >= 11 is 0. The molecule has 2 aromatic rings. The Labute approximate surface area is 196 Å². The fourth-order valence-electron chi connectivity index (χ4n) is 4.68. The zero-order valence-electron chi connectivity index (χ0n) is 19.7. The minimum atomic E-state index is -1.15. The zero-order chi connectivity index (χ0) is 23.8. The summed E-state index contributed by atoms with van der Waals surface area (Å²) in [4.78, 5) is 36.1. The van der Waals surface area contributed by atoms with Crippen molar-refractivity contribution in [2.75, 3.05) is 33.3 Å². The maximum Gasteiger partial charge on any atom is 0.243 e. The molecule has 0 radical (unpaired) electrons. The van der Waals surface area contributed by atoms with Gasteiger partial charge in [0.1, 0.15) is 12.6 Å². The van der Waals surface area contributed by atoms with Gasteiger partial charge in [-0.25, -0.2) is 0 Å². The van der Waals surface area contributed by atoms with Gasteiger partial charge < -0.3 is 20.4 Å². The van der Waals surface area contributed by atoms with Gasteiger partial charge in [0.05, 0.1) is 18.2 Å². The molecule has 2 N–H and O–H groups in total.